The fourth-order valence-electron chi connectivity index (χ4n) is 1.67. The Balaban J connectivity index is 1.83. The Hall–Kier alpha value is -0.800. The summed E-state index contributed by atoms with van der Waals surface area (Å²) in [5.41, 5.74) is 1.41. The summed E-state index contributed by atoms with van der Waals surface area (Å²) in [6, 6.07) is 5.15. The smallest absolute Gasteiger partial charge is 0.0361 e. The minimum atomic E-state index is 0.794. The zero-order valence-electron chi connectivity index (χ0n) is 9.74. The normalized spacial score (nSPS) is 16.2. The lowest BCUT2D eigenvalue weighted by Gasteiger charge is -2.13. The van der Waals surface area contributed by atoms with Gasteiger partial charge in [-0.1, -0.05) is 0 Å². The summed E-state index contributed by atoms with van der Waals surface area (Å²) in [5.74, 6) is 0. The van der Waals surface area contributed by atoms with Crippen LogP contribution in [0.2, 0.25) is 0 Å². The van der Waals surface area contributed by atoms with Gasteiger partial charge in [0.2, 0.25) is 0 Å². The Morgan fingerprint density at radius 3 is 2.93 bits per heavy atom. The van der Waals surface area contributed by atoms with Gasteiger partial charge in [-0.05, 0) is 39.1 Å². The van der Waals surface area contributed by atoms with Gasteiger partial charge in [-0.3, -0.25) is 0 Å². The van der Waals surface area contributed by atoms with Crippen LogP contribution in [0, 0.1) is 0 Å². The second-order valence-electron chi connectivity index (χ2n) is 4.65. The van der Waals surface area contributed by atoms with Gasteiger partial charge in [-0.15, -0.1) is 0 Å². The zero-order valence-corrected chi connectivity index (χ0v) is 9.74. The molecule has 84 valence electrons. The number of hydrogen-bond acceptors (Lipinski definition) is 2. The van der Waals surface area contributed by atoms with Crippen LogP contribution in [-0.4, -0.2) is 36.1 Å². The van der Waals surface area contributed by atoms with E-state index in [1.807, 2.05) is 0 Å². The third-order valence-electron chi connectivity index (χ3n) is 2.86. The van der Waals surface area contributed by atoms with Crippen LogP contribution < -0.4 is 5.32 Å². The van der Waals surface area contributed by atoms with Crippen molar-refractivity contribution >= 4 is 0 Å². The summed E-state index contributed by atoms with van der Waals surface area (Å²) < 4.78 is 2.34. The summed E-state index contributed by atoms with van der Waals surface area (Å²) in [6.45, 7) is 3.21. The highest BCUT2D eigenvalue weighted by molar-refractivity contribution is 5.07. The second kappa shape index (κ2) is 4.81. The van der Waals surface area contributed by atoms with E-state index in [1.54, 1.807) is 0 Å². The molecule has 1 fully saturated rings. The van der Waals surface area contributed by atoms with Gasteiger partial charge in [0.05, 0.1) is 0 Å². The first-order chi connectivity index (χ1) is 7.25. The highest BCUT2D eigenvalue weighted by Gasteiger charge is 2.20. The first-order valence-electron chi connectivity index (χ1n) is 5.78. The first-order valence-corrected chi connectivity index (χ1v) is 5.78. The van der Waals surface area contributed by atoms with Gasteiger partial charge in [-0.2, -0.15) is 0 Å². The molecule has 15 heavy (non-hydrogen) atoms. The molecule has 1 heterocycles. The average Bonchev–Trinajstić information content (AvgIpc) is 2.92. The summed E-state index contributed by atoms with van der Waals surface area (Å²) in [7, 11) is 4.23. The molecule has 1 saturated carbocycles. The van der Waals surface area contributed by atoms with Crippen molar-refractivity contribution in [2.45, 2.75) is 32.0 Å². The molecule has 1 aromatic rings. The molecule has 1 aliphatic carbocycles. The molecule has 2 rings (SSSR count). The van der Waals surface area contributed by atoms with Crippen molar-refractivity contribution in [3.8, 4) is 0 Å². The van der Waals surface area contributed by atoms with Crippen LogP contribution in [0.1, 0.15) is 18.5 Å². The largest absolute Gasteiger partial charge is 0.349 e. The molecule has 0 aliphatic heterocycles. The minimum absolute atomic E-state index is 0.794. The zero-order chi connectivity index (χ0) is 10.7. The Morgan fingerprint density at radius 2 is 2.27 bits per heavy atom. The summed E-state index contributed by atoms with van der Waals surface area (Å²) in [5, 5.41) is 3.55. The second-order valence-corrected chi connectivity index (χ2v) is 4.65. The van der Waals surface area contributed by atoms with E-state index in [0.29, 0.717) is 0 Å². The highest BCUT2D eigenvalue weighted by Crippen LogP contribution is 2.19. The summed E-state index contributed by atoms with van der Waals surface area (Å²) >= 11 is 0. The van der Waals surface area contributed by atoms with E-state index in [1.165, 1.54) is 18.5 Å². The monoisotopic (exact) mass is 207 g/mol. The van der Waals surface area contributed by atoms with Crippen LogP contribution in [0.25, 0.3) is 0 Å². The maximum Gasteiger partial charge on any atom is 0.0361 e. The van der Waals surface area contributed by atoms with Gasteiger partial charge in [0, 0.05) is 37.6 Å². The number of aromatic nitrogens is 1. The van der Waals surface area contributed by atoms with E-state index in [2.05, 4.69) is 47.2 Å². The van der Waals surface area contributed by atoms with Crippen LogP contribution in [0.3, 0.4) is 0 Å². The average molecular weight is 207 g/mol. The minimum Gasteiger partial charge on any atom is -0.349 e. The standard InChI is InChI=1S/C12H21N3/c1-14(2)8-9-15-7-3-4-12(15)10-13-11-5-6-11/h3-4,7,11,13H,5-6,8-10H2,1-2H3. The van der Waals surface area contributed by atoms with E-state index in [9.17, 15) is 0 Å². The van der Waals surface area contributed by atoms with Gasteiger partial charge in [0.15, 0.2) is 0 Å². The maximum absolute atomic E-state index is 3.55. The fourth-order valence-corrected chi connectivity index (χ4v) is 1.67. The van der Waals surface area contributed by atoms with Gasteiger partial charge >= 0.3 is 0 Å². The predicted molar refractivity (Wildman–Crippen MR) is 62.8 cm³/mol. The van der Waals surface area contributed by atoms with E-state index in [0.717, 1.165) is 25.7 Å². The summed E-state index contributed by atoms with van der Waals surface area (Å²) in [6.07, 6.45) is 4.89. The molecule has 0 amide bonds. The fraction of sp³-hybridized carbons (Fsp3) is 0.667. The van der Waals surface area contributed by atoms with Crippen molar-refractivity contribution in [1.82, 2.24) is 14.8 Å². The topological polar surface area (TPSA) is 20.2 Å². The Labute approximate surface area is 92.1 Å². The van der Waals surface area contributed by atoms with Gasteiger partial charge in [-0.25, -0.2) is 0 Å². The number of nitrogens with one attached hydrogen (secondary N) is 1. The molecular weight excluding hydrogens is 186 g/mol. The van der Waals surface area contributed by atoms with Crippen molar-refractivity contribution in [2.75, 3.05) is 20.6 Å². The van der Waals surface area contributed by atoms with Crippen molar-refractivity contribution in [1.29, 1.82) is 0 Å². The Kier molecular flexibility index (Phi) is 3.44. The highest BCUT2D eigenvalue weighted by atomic mass is 15.1. The molecule has 0 spiro atoms. The van der Waals surface area contributed by atoms with Crippen LogP contribution in [0.15, 0.2) is 18.3 Å². The van der Waals surface area contributed by atoms with E-state index in [-0.39, 0.29) is 0 Å². The lowest BCUT2D eigenvalue weighted by molar-refractivity contribution is 0.380. The Bertz CT molecular complexity index is 279. The van der Waals surface area contributed by atoms with Crippen LogP contribution in [0.4, 0.5) is 0 Å². The van der Waals surface area contributed by atoms with E-state index < -0.39 is 0 Å². The lowest BCUT2D eigenvalue weighted by Crippen LogP contribution is -2.22. The molecule has 3 nitrogen and oxygen atoms in total. The molecule has 0 atom stereocenters. The Morgan fingerprint density at radius 1 is 1.47 bits per heavy atom. The molecule has 0 radical (unpaired) electrons. The van der Waals surface area contributed by atoms with Gasteiger partial charge in [0.25, 0.3) is 0 Å². The van der Waals surface area contributed by atoms with Crippen molar-refractivity contribution in [2.24, 2.45) is 0 Å². The maximum atomic E-state index is 3.55. The first kappa shape index (κ1) is 10.7. The molecule has 1 aliphatic rings. The van der Waals surface area contributed by atoms with Crippen molar-refractivity contribution in [3.05, 3.63) is 24.0 Å². The molecule has 0 unspecified atom stereocenters. The molecular formula is C12H21N3. The number of rotatable bonds is 6. The summed E-state index contributed by atoms with van der Waals surface area (Å²) in [4.78, 5) is 2.22. The number of likely N-dealkylation sites (N-methyl/N-ethyl adjacent to an activating group) is 1. The van der Waals surface area contributed by atoms with Crippen LogP contribution in [0.5, 0.6) is 0 Å². The van der Waals surface area contributed by atoms with Crippen molar-refractivity contribution < 1.29 is 0 Å². The van der Waals surface area contributed by atoms with Crippen LogP contribution in [-0.2, 0) is 13.1 Å². The SMILES string of the molecule is CN(C)CCn1cccc1CNC1CC1. The van der Waals surface area contributed by atoms with Gasteiger partial charge < -0.3 is 14.8 Å². The van der Waals surface area contributed by atoms with E-state index >= 15 is 0 Å². The molecule has 1 N–H and O–H groups in total. The lowest BCUT2D eigenvalue weighted by atomic mass is 10.4. The van der Waals surface area contributed by atoms with Gasteiger partial charge in [0.1, 0.15) is 0 Å². The predicted octanol–water partition coefficient (Wildman–Crippen LogP) is 1.30. The number of nitrogens with zero attached hydrogens (tertiary/aromatic N) is 2. The van der Waals surface area contributed by atoms with Crippen molar-refractivity contribution in [3.63, 3.8) is 0 Å². The molecule has 3 heteroatoms. The van der Waals surface area contributed by atoms with E-state index in [4.69, 9.17) is 0 Å². The quantitative estimate of drug-likeness (QED) is 0.759. The molecule has 0 saturated heterocycles. The number of hydrogen-bond donors (Lipinski definition) is 1. The molecule has 0 bridgehead atoms. The molecule has 0 aromatic carbocycles. The third-order valence-corrected chi connectivity index (χ3v) is 2.86. The van der Waals surface area contributed by atoms with Crippen LogP contribution >= 0.6 is 0 Å². The third kappa shape index (κ3) is 3.36. The molecule has 1 aromatic heterocycles.